The average Bonchev–Trinajstić information content (AvgIpc) is 3.25. The third-order valence-electron chi connectivity index (χ3n) is 3.89. The van der Waals surface area contributed by atoms with Gasteiger partial charge < -0.3 is 9.88 Å². The number of aromatic nitrogens is 2. The summed E-state index contributed by atoms with van der Waals surface area (Å²) in [4.78, 5) is 16.6. The van der Waals surface area contributed by atoms with Gasteiger partial charge in [0.2, 0.25) is 5.91 Å². The van der Waals surface area contributed by atoms with Gasteiger partial charge in [0.15, 0.2) is 0 Å². The molecule has 1 fully saturated rings. The predicted molar refractivity (Wildman–Crippen MR) is 88.4 cm³/mol. The van der Waals surface area contributed by atoms with Crippen molar-refractivity contribution in [3.63, 3.8) is 0 Å². The fourth-order valence-corrected chi connectivity index (χ4v) is 2.58. The Kier molecular flexibility index (Phi) is 5.36. The molecule has 118 valence electrons. The molecule has 1 aliphatic carbocycles. The molecule has 3 rings (SSSR count). The number of hydrogen-bond donors (Lipinski definition) is 1. The van der Waals surface area contributed by atoms with Crippen LogP contribution >= 0.6 is 0 Å². The highest BCUT2D eigenvalue weighted by atomic mass is 16.2. The lowest BCUT2D eigenvalue weighted by molar-refractivity contribution is -0.123. The summed E-state index contributed by atoms with van der Waals surface area (Å²) >= 11 is 0. The number of benzene rings is 1. The predicted octanol–water partition coefficient (Wildman–Crippen LogP) is 3.43. The third-order valence-corrected chi connectivity index (χ3v) is 3.89. The summed E-state index contributed by atoms with van der Waals surface area (Å²) < 4.78 is 1.93. The average molecular weight is 299 g/mol. The maximum absolute atomic E-state index is 12.2. The molecule has 0 bridgehead atoms. The number of nitrogens with one attached hydrogen (secondary N) is 1. The van der Waals surface area contributed by atoms with Gasteiger partial charge in [-0.05, 0) is 18.9 Å². The highest BCUT2D eigenvalue weighted by molar-refractivity contribution is 5.83. The van der Waals surface area contributed by atoms with E-state index < -0.39 is 0 Å². The van der Waals surface area contributed by atoms with Crippen molar-refractivity contribution in [2.24, 2.45) is 13.0 Å². The van der Waals surface area contributed by atoms with Crippen LogP contribution in [0.3, 0.4) is 0 Å². The van der Waals surface area contributed by atoms with Crippen LogP contribution in [0.1, 0.15) is 50.4 Å². The lowest BCUT2D eigenvalue weighted by atomic mass is 10.1. The smallest absolute Gasteiger partial charge is 0.224 e. The van der Waals surface area contributed by atoms with Gasteiger partial charge in [0, 0.05) is 25.1 Å². The summed E-state index contributed by atoms with van der Waals surface area (Å²) in [6.07, 6.45) is 4.69. The van der Waals surface area contributed by atoms with E-state index in [9.17, 15) is 4.79 Å². The molecule has 0 aliphatic heterocycles. The molecule has 4 heteroatoms. The first kappa shape index (κ1) is 16.3. The Labute approximate surface area is 132 Å². The molecule has 1 aliphatic rings. The van der Waals surface area contributed by atoms with Crippen molar-refractivity contribution in [2.45, 2.75) is 39.2 Å². The fraction of sp³-hybridized carbons (Fsp3) is 0.444. The Balaban J connectivity index is 0.000000847. The molecule has 1 aromatic heterocycles. The summed E-state index contributed by atoms with van der Waals surface area (Å²) in [7, 11) is 1.95. The van der Waals surface area contributed by atoms with Crippen LogP contribution in [-0.2, 0) is 11.8 Å². The number of amides is 1. The van der Waals surface area contributed by atoms with Crippen molar-refractivity contribution in [3.05, 3.63) is 54.1 Å². The van der Waals surface area contributed by atoms with Gasteiger partial charge in [0.1, 0.15) is 0 Å². The minimum absolute atomic E-state index is 0.0497. The Bertz CT molecular complexity index is 606. The van der Waals surface area contributed by atoms with E-state index in [1.807, 2.05) is 68.9 Å². The van der Waals surface area contributed by atoms with Crippen LogP contribution in [0.2, 0.25) is 0 Å². The van der Waals surface area contributed by atoms with E-state index in [0.29, 0.717) is 5.92 Å². The van der Waals surface area contributed by atoms with Crippen LogP contribution in [0.15, 0.2) is 42.9 Å². The second-order valence-corrected chi connectivity index (χ2v) is 5.55. The van der Waals surface area contributed by atoms with Crippen molar-refractivity contribution in [1.29, 1.82) is 0 Å². The van der Waals surface area contributed by atoms with Crippen molar-refractivity contribution in [1.82, 2.24) is 14.9 Å². The molecule has 2 aromatic rings. The molecule has 0 saturated heterocycles. The topological polar surface area (TPSA) is 46.9 Å². The van der Waals surface area contributed by atoms with Crippen LogP contribution in [0.4, 0.5) is 0 Å². The van der Waals surface area contributed by atoms with Crippen molar-refractivity contribution < 1.29 is 4.79 Å². The van der Waals surface area contributed by atoms with Gasteiger partial charge >= 0.3 is 0 Å². The Morgan fingerprint density at radius 2 is 2.00 bits per heavy atom. The number of hydrogen-bond acceptors (Lipinski definition) is 2. The van der Waals surface area contributed by atoms with Crippen LogP contribution < -0.4 is 5.32 Å². The number of imidazole rings is 1. The van der Waals surface area contributed by atoms with Gasteiger partial charge in [-0.25, -0.2) is 4.98 Å². The molecular formula is C18H25N3O. The fourth-order valence-electron chi connectivity index (χ4n) is 2.58. The molecular weight excluding hydrogens is 274 g/mol. The Morgan fingerprint density at radius 3 is 2.59 bits per heavy atom. The van der Waals surface area contributed by atoms with E-state index in [0.717, 1.165) is 17.7 Å². The summed E-state index contributed by atoms with van der Waals surface area (Å²) in [6, 6.07) is 10.1. The maximum Gasteiger partial charge on any atom is 0.224 e. The lowest BCUT2D eigenvalue weighted by Crippen LogP contribution is -2.28. The second kappa shape index (κ2) is 7.25. The minimum atomic E-state index is 0.0497. The van der Waals surface area contributed by atoms with Crippen LogP contribution in [0.5, 0.6) is 0 Å². The van der Waals surface area contributed by atoms with E-state index >= 15 is 0 Å². The largest absolute Gasteiger partial charge is 0.349 e. The molecule has 1 N–H and O–H groups in total. The standard InChI is InChI=1S/C16H19N3O.C2H6/c1-11(12-6-4-3-5-7-12)18-16(20)14-8-13(14)15-9-19(2)10-17-15;1-2/h3-7,9-11,13-14H,8H2,1-2H3,(H,18,20);1-2H3/t11?,13-,14?;/m1./s1. The first-order valence-corrected chi connectivity index (χ1v) is 7.98. The maximum atomic E-state index is 12.2. The van der Waals surface area contributed by atoms with Crippen LogP contribution in [0.25, 0.3) is 0 Å². The summed E-state index contributed by atoms with van der Waals surface area (Å²) in [5.41, 5.74) is 2.16. The molecule has 0 radical (unpaired) electrons. The van der Waals surface area contributed by atoms with E-state index in [1.54, 1.807) is 6.33 Å². The minimum Gasteiger partial charge on any atom is -0.349 e. The zero-order chi connectivity index (χ0) is 16.1. The quantitative estimate of drug-likeness (QED) is 0.940. The first-order chi connectivity index (χ1) is 10.6. The van der Waals surface area contributed by atoms with Gasteiger partial charge in [-0.3, -0.25) is 4.79 Å². The zero-order valence-electron chi connectivity index (χ0n) is 13.8. The normalized spacial score (nSPS) is 20.5. The van der Waals surface area contributed by atoms with Crippen molar-refractivity contribution >= 4 is 5.91 Å². The molecule has 22 heavy (non-hydrogen) atoms. The number of carbonyl (C=O) groups is 1. The lowest BCUT2D eigenvalue weighted by Gasteiger charge is -2.14. The molecule has 0 spiro atoms. The van der Waals surface area contributed by atoms with E-state index in [4.69, 9.17) is 0 Å². The SMILES string of the molecule is CC.CC(NC(=O)C1C[C@H]1c1cn(C)cn1)c1ccccc1. The summed E-state index contributed by atoms with van der Waals surface area (Å²) in [5.74, 6) is 0.507. The van der Waals surface area contributed by atoms with Gasteiger partial charge in [0.05, 0.1) is 18.1 Å². The Morgan fingerprint density at radius 1 is 1.32 bits per heavy atom. The van der Waals surface area contributed by atoms with E-state index in [2.05, 4.69) is 10.3 Å². The molecule has 1 heterocycles. The molecule has 3 atom stereocenters. The molecule has 2 unspecified atom stereocenters. The van der Waals surface area contributed by atoms with Crippen molar-refractivity contribution in [3.8, 4) is 0 Å². The van der Waals surface area contributed by atoms with Gasteiger partial charge in [-0.1, -0.05) is 44.2 Å². The zero-order valence-corrected chi connectivity index (χ0v) is 13.8. The van der Waals surface area contributed by atoms with E-state index in [-0.39, 0.29) is 17.9 Å². The second-order valence-electron chi connectivity index (χ2n) is 5.55. The van der Waals surface area contributed by atoms with Gasteiger partial charge in [-0.15, -0.1) is 0 Å². The third kappa shape index (κ3) is 3.75. The summed E-state index contributed by atoms with van der Waals surface area (Å²) in [5, 5.41) is 3.09. The molecule has 1 amide bonds. The number of nitrogens with zero attached hydrogens (tertiary/aromatic N) is 2. The first-order valence-electron chi connectivity index (χ1n) is 7.98. The van der Waals surface area contributed by atoms with Gasteiger partial charge in [-0.2, -0.15) is 0 Å². The monoisotopic (exact) mass is 299 g/mol. The Hall–Kier alpha value is -2.10. The molecule has 1 saturated carbocycles. The summed E-state index contributed by atoms with van der Waals surface area (Å²) in [6.45, 7) is 6.02. The van der Waals surface area contributed by atoms with Crippen LogP contribution in [-0.4, -0.2) is 15.5 Å². The van der Waals surface area contributed by atoms with Crippen LogP contribution in [0, 0.1) is 5.92 Å². The highest BCUT2D eigenvalue weighted by Gasteiger charge is 2.45. The van der Waals surface area contributed by atoms with E-state index in [1.165, 1.54) is 0 Å². The van der Waals surface area contributed by atoms with Gasteiger partial charge in [0.25, 0.3) is 0 Å². The number of aryl methyl sites for hydroxylation is 1. The number of carbonyl (C=O) groups excluding carboxylic acids is 1. The molecule has 4 nitrogen and oxygen atoms in total. The van der Waals surface area contributed by atoms with Crippen molar-refractivity contribution in [2.75, 3.05) is 0 Å². The molecule has 1 aromatic carbocycles. The number of rotatable bonds is 4. The highest BCUT2D eigenvalue weighted by Crippen LogP contribution is 2.47.